The van der Waals surface area contributed by atoms with Crippen LogP contribution in [0.5, 0.6) is 0 Å². The molecule has 0 aliphatic rings. The van der Waals surface area contributed by atoms with Gasteiger partial charge < -0.3 is 10.4 Å². The Hall–Kier alpha value is -2.27. The predicted octanol–water partition coefficient (Wildman–Crippen LogP) is 2.92. The number of halogens is 2. The SMILES string of the molecule is CC(C(=O)NCC(O)c1ccc(F)cc1)c1cccc(F)c1. The third-order valence-corrected chi connectivity index (χ3v) is 3.47. The van der Waals surface area contributed by atoms with Crippen LogP contribution in [0.2, 0.25) is 0 Å². The summed E-state index contributed by atoms with van der Waals surface area (Å²) in [6.07, 6.45) is -0.927. The van der Waals surface area contributed by atoms with E-state index in [1.165, 1.54) is 36.4 Å². The fourth-order valence-electron chi connectivity index (χ4n) is 2.08. The molecule has 0 aliphatic carbocycles. The lowest BCUT2D eigenvalue weighted by molar-refractivity contribution is -0.122. The van der Waals surface area contributed by atoms with Crippen molar-refractivity contribution in [1.82, 2.24) is 5.32 Å². The Morgan fingerprint density at radius 2 is 1.77 bits per heavy atom. The van der Waals surface area contributed by atoms with Gasteiger partial charge in [-0.3, -0.25) is 4.79 Å². The van der Waals surface area contributed by atoms with Crippen molar-refractivity contribution in [3.8, 4) is 0 Å². The Balaban J connectivity index is 1.93. The number of carbonyl (C=O) groups is 1. The van der Waals surface area contributed by atoms with Gasteiger partial charge in [-0.25, -0.2) is 8.78 Å². The second kappa shape index (κ2) is 7.13. The number of rotatable bonds is 5. The zero-order valence-electron chi connectivity index (χ0n) is 12.1. The number of aliphatic hydroxyl groups excluding tert-OH is 1. The van der Waals surface area contributed by atoms with E-state index in [1.54, 1.807) is 19.1 Å². The summed E-state index contributed by atoms with van der Waals surface area (Å²) in [5.74, 6) is -1.63. The topological polar surface area (TPSA) is 49.3 Å². The first-order valence-electron chi connectivity index (χ1n) is 6.94. The minimum atomic E-state index is -0.927. The first-order chi connectivity index (χ1) is 10.5. The minimum absolute atomic E-state index is 0.00409. The van der Waals surface area contributed by atoms with E-state index >= 15 is 0 Å². The summed E-state index contributed by atoms with van der Waals surface area (Å²) >= 11 is 0. The van der Waals surface area contributed by atoms with E-state index in [-0.39, 0.29) is 18.3 Å². The number of carbonyl (C=O) groups excluding carboxylic acids is 1. The molecule has 0 radical (unpaired) electrons. The first-order valence-corrected chi connectivity index (χ1v) is 6.94. The third-order valence-electron chi connectivity index (χ3n) is 3.47. The lowest BCUT2D eigenvalue weighted by Gasteiger charge is -2.16. The Morgan fingerprint density at radius 3 is 2.41 bits per heavy atom. The molecule has 0 fully saturated rings. The Bertz CT molecular complexity index is 643. The molecule has 2 unspecified atom stereocenters. The van der Waals surface area contributed by atoms with Crippen molar-refractivity contribution >= 4 is 5.91 Å². The molecule has 2 N–H and O–H groups in total. The molecule has 0 saturated carbocycles. The maximum Gasteiger partial charge on any atom is 0.227 e. The van der Waals surface area contributed by atoms with Gasteiger partial charge in [0.25, 0.3) is 0 Å². The summed E-state index contributed by atoms with van der Waals surface area (Å²) < 4.78 is 26.0. The number of hydrogen-bond donors (Lipinski definition) is 2. The molecule has 2 aromatic carbocycles. The highest BCUT2D eigenvalue weighted by molar-refractivity contribution is 5.83. The van der Waals surface area contributed by atoms with Crippen LogP contribution in [0.1, 0.15) is 30.1 Å². The van der Waals surface area contributed by atoms with Gasteiger partial charge in [0, 0.05) is 6.54 Å². The molecule has 2 aromatic rings. The van der Waals surface area contributed by atoms with Crippen molar-refractivity contribution < 1.29 is 18.7 Å². The Labute approximate surface area is 127 Å². The average molecular weight is 305 g/mol. The second-order valence-electron chi connectivity index (χ2n) is 5.09. The number of aliphatic hydroxyl groups is 1. The highest BCUT2D eigenvalue weighted by Gasteiger charge is 2.17. The smallest absolute Gasteiger partial charge is 0.227 e. The van der Waals surface area contributed by atoms with Crippen LogP contribution in [0, 0.1) is 11.6 Å². The van der Waals surface area contributed by atoms with E-state index in [0.717, 1.165) is 0 Å². The van der Waals surface area contributed by atoms with Gasteiger partial charge in [0.2, 0.25) is 5.91 Å². The van der Waals surface area contributed by atoms with Crippen LogP contribution in [0.3, 0.4) is 0 Å². The van der Waals surface area contributed by atoms with E-state index < -0.39 is 17.8 Å². The third kappa shape index (κ3) is 4.11. The molecule has 0 aliphatic heterocycles. The Morgan fingerprint density at radius 1 is 1.09 bits per heavy atom. The quantitative estimate of drug-likeness (QED) is 0.892. The molecule has 0 spiro atoms. The monoisotopic (exact) mass is 305 g/mol. The normalized spacial score (nSPS) is 13.5. The van der Waals surface area contributed by atoms with Crippen molar-refractivity contribution in [2.45, 2.75) is 18.9 Å². The maximum absolute atomic E-state index is 13.2. The molecule has 3 nitrogen and oxygen atoms in total. The molecular formula is C17H17F2NO2. The largest absolute Gasteiger partial charge is 0.387 e. The maximum atomic E-state index is 13.2. The van der Waals surface area contributed by atoms with Crippen LogP contribution < -0.4 is 5.32 Å². The van der Waals surface area contributed by atoms with Crippen LogP contribution >= 0.6 is 0 Å². The van der Waals surface area contributed by atoms with Gasteiger partial charge in [-0.2, -0.15) is 0 Å². The lowest BCUT2D eigenvalue weighted by atomic mass is 10.00. The van der Waals surface area contributed by atoms with Crippen LogP contribution in [-0.2, 0) is 4.79 Å². The van der Waals surface area contributed by atoms with Gasteiger partial charge >= 0.3 is 0 Å². The zero-order valence-corrected chi connectivity index (χ0v) is 12.1. The number of nitrogens with one attached hydrogen (secondary N) is 1. The summed E-state index contributed by atoms with van der Waals surface area (Å²) in [6, 6.07) is 11.2. The van der Waals surface area contributed by atoms with E-state index in [1.807, 2.05) is 0 Å². The second-order valence-corrected chi connectivity index (χ2v) is 5.09. The van der Waals surface area contributed by atoms with Crippen LogP contribution in [0.4, 0.5) is 8.78 Å². The van der Waals surface area contributed by atoms with Crippen LogP contribution in [0.15, 0.2) is 48.5 Å². The molecule has 2 rings (SSSR count). The highest BCUT2D eigenvalue weighted by Crippen LogP contribution is 2.17. The van der Waals surface area contributed by atoms with Crippen molar-refractivity contribution in [1.29, 1.82) is 0 Å². The van der Waals surface area contributed by atoms with E-state index in [2.05, 4.69) is 5.32 Å². The van der Waals surface area contributed by atoms with E-state index in [9.17, 15) is 18.7 Å². The number of amides is 1. The fourth-order valence-corrected chi connectivity index (χ4v) is 2.08. The summed E-state index contributed by atoms with van der Waals surface area (Å²) in [5, 5.41) is 12.6. The molecule has 0 heterocycles. The summed E-state index contributed by atoms with van der Waals surface area (Å²) in [7, 11) is 0. The molecule has 1 amide bonds. The van der Waals surface area contributed by atoms with Gasteiger partial charge in [0.15, 0.2) is 0 Å². The van der Waals surface area contributed by atoms with Gasteiger partial charge in [-0.05, 0) is 42.3 Å². The predicted molar refractivity (Wildman–Crippen MR) is 79.2 cm³/mol. The molecule has 0 bridgehead atoms. The van der Waals surface area contributed by atoms with Gasteiger partial charge in [-0.15, -0.1) is 0 Å². The fraction of sp³-hybridized carbons (Fsp3) is 0.235. The van der Waals surface area contributed by atoms with Crippen molar-refractivity contribution in [3.05, 3.63) is 71.3 Å². The van der Waals surface area contributed by atoms with Crippen molar-refractivity contribution in [3.63, 3.8) is 0 Å². The molecular weight excluding hydrogens is 288 g/mol. The molecule has 22 heavy (non-hydrogen) atoms. The molecule has 0 aromatic heterocycles. The van der Waals surface area contributed by atoms with Crippen molar-refractivity contribution in [2.75, 3.05) is 6.54 Å². The summed E-state index contributed by atoms with van der Waals surface area (Å²) in [6.45, 7) is 1.67. The molecule has 5 heteroatoms. The van der Waals surface area contributed by atoms with Gasteiger partial charge in [-0.1, -0.05) is 24.3 Å². The summed E-state index contributed by atoms with van der Waals surface area (Å²) in [5.41, 5.74) is 1.08. The van der Waals surface area contributed by atoms with Crippen LogP contribution in [-0.4, -0.2) is 17.6 Å². The lowest BCUT2D eigenvalue weighted by Crippen LogP contribution is -2.31. The first kappa shape index (κ1) is 16.1. The number of benzene rings is 2. The van der Waals surface area contributed by atoms with Crippen LogP contribution in [0.25, 0.3) is 0 Å². The minimum Gasteiger partial charge on any atom is -0.387 e. The van der Waals surface area contributed by atoms with E-state index in [0.29, 0.717) is 11.1 Å². The zero-order chi connectivity index (χ0) is 16.1. The van der Waals surface area contributed by atoms with E-state index in [4.69, 9.17) is 0 Å². The highest BCUT2D eigenvalue weighted by atomic mass is 19.1. The van der Waals surface area contributed by atoms with Gasteiger partial charge in [0.05, 0.1) is 12.0 Å². The summed E-state index contributed by atoms with van der Waals surface area (Å²) in [4.78, 5) is 12.0. The Kier molecular flexibility index (Phi) is 5.22. The number of hydrogen-bond acceptors (Lipinski definition) is 2. The average Bonchev–Trinajstić information content (AvgIpc) is 2.52. The molecule has 116 valence electrons. The van der Waals surface area contributed by atoms with Gasteiger partial charge in [0.1, 0.15) is 11.6 Å². The standard InChI is InChI=1S/C17H17F2NO2/c1-11(13-3-2-4-15(19)9-13)17(22)20-10-16(21)12-5-7-14(18)8-6-12/h2-9,11,16,21H,10H2,1H3,(H,20,22). The molecule has 0 saturated heterocycles. The van der Waals surface area contributed by atoms with Crippen molar-refractivity contribution in [2.24, 2.45) is 0 Å². The molecule has 2 atom stereocenters.